The molecule has 2 N–H and O–H groups in total. The van der Waals surface area contributed by atoms with Crippen molar-refractivity contribution < 1.29 is 23.9 Å². The van der Waals surface area contributed by atoms with E-state index in [0.29, 0.717) is 24.5 Å². The van der Waals surface area contributed by atoms with Crippen LogP contribution in [0.2, 0.25) is 0 Å². The minimum Gasteiger partial charge on any atom is -0.490 e. The van der Waals surface area contributed by atoms with Crippen LogP contribution in [0.15, 0.2) is 24.8 Å². The first kappa shape index (κ1) is 17.7. The molecule has 0 radical (unpaired) electrons. The Hall–Kier alpha value is -2.65. The first-order chi connectivity index (χ1) is 11.3. The molecule has 0 spiro atoms. The second-order valence-electron chi connectivity index (χ2n) is 5.30. The van der Waals surface area contributed by atoms with Crippen molar-refractivity contribution >= 4 is 17.3 Å². The van der Waals surface area contributed by atoms with Crippen LogP contribution in [0, 0.1) is 10.1 Å². The molecule has 1 fully saturated rings. The lowest BCUT2D eigenvalue weighted by Crippen LogP contribution is -2.41. The Morgan fingerprint density at radius 2 is 2.08 bits per heavy atom. The van der Waals surface area contributed by atoms with Crippen molar-refractivity contribution in [2.45, 2.75) is 19.1 Å². The number of amides is 1. The molecule has 0 saturated carbocycles. The van der Waals surface area contributed by atoms with Gasteiger partial charge in [0.2, 0.25) is 5.91 Å². The quantitative estimate of drug-likeness (QED) is 0.570. The summed E-state index contributed by atoms with van der Waals surface area (Å²) in [7, 11) is 1.35. The zero-order chi connectivity index (χ0) is 17.7. The van der Waals surface area contributed by atoms with E-state index in [1.165, 1.54) is 19.2 Å². The third-order valence-corrected chi connectivity index (χ3v) is 3.46. The number of ether oxygens (including phenoxy) is 3. The number of rotatable bonds is 7. The van der Waals surface area contributed by atoms with E-state index in [2.05, 4.69) is 17.4 Å². The maximum Gasteiger partial charge on any atom is 0.311 e. The van der Waals surface area contributed by atoms with Gasteiger partial charge in [0.15, 0.2) is 11.5 Å². The smallest absolute Gasteiger partial charge is 0.311 e. The van der Waals surface area contributed by atoms with Crippen LogP contribution in [-0.4, -0.2) is 36.9 Å². The second-order valence-corrected chi connectivity index (χ2v) is 5.30. The number of nitro benzene ring substituents is 1. The largest absolute Gasteiger partial charge is 0.490 e. The van der Waals surface area contributed by atoms with Gasteiger partial charge < -0.3 is 14.2 Å². The van der Waals surface area contributed by atoms with E-state index in [-0.39, 0.29) is 23.8 Å². The number of nitrogens with one attached hydrogen (secondary N) is 2. The molecule has 1 aromatic carbocycles. The van der Waals surface area contributed by atoms with Crippen molar-refractivity contribution in [2.24, 2.45) is 0 Å². The van der Waals surface area contributed by atoms with Gasteiger partial charge in [-0.05, 0) is 19.1 Å². The lowest BCUT2D eigenvalue weighted by molar-refractivity contribution is -0.385. The minimum absolute atomic E-state index is 0.00996. The van der Waals surface area contributed by atoms with Gasteiger partial charge >= 0.3 is 5.69 Å². The van der Waals surface area contributed by atoms with Gasteiger partial charge in [0.1, 0.15) is 0 Å². The number of hydrazine groups is 1. The van der Waals surface area contributed by atoms with Gasteiger partial charge in [-0.25, -0.2) is 0 Å². The van der Waals surface area contributed by atoms with Gasteiger partial charge in [0.25, 0.3) is 0 Å². The first-order valence-corrected chi connectivity index (χ1v) is 7.19. The van der Waals surface area contributed by atoms with E-state index in [4.69, 9.17) is 14.2 Å². The molecule has 9 nitrogen and oxygen atoms in total. The molecule has 0 unspecified atom stereocenters. The van der Waals surface area contributed by atoms with Crippen LogP contribution < -0.4 is 15.6 Å². The average Bonchev–Trinajstić information content (AvgIpc) is 2.97. The molecule has 130 valence electrons. The molecule has 0 atom stereocenters. The summed E-state index contributed by atoms with van der Waals surface area (Å²) < 4.78 is 15.6. The normalized spacial score (nSPS) is 15.6. The summed E-state index contributed by atoms with van der Waals surface area (Å²) in [4.78, 5) is 22.4. The molecule has 1 heterocycles. The van der Waals surface area contributed by atoms with Crippen LogP contribution in [0.3, 0.4) is 0 Å². The highest BCUT2D eigenvalue weighted by Gasteiger charge is 2.33. The van der Waals surface area contributed by atoms with Crippen LogP contribution in [0.1, 0.15) is 18.9 Å². The highest BCUT2D eigenvalue weighted by Crippen LogP contribution is 2.29. The molecule has 0 bridgehead atoms. The van der Waals surface area contributed by atoms with E-state index in [0.717, 1.165) is 0 Å². The fourth-order valence-electron chi connectivity index (χ4n) is 2.23. The Morgan fingerprint density at radius 1 is 1.42 bits per heavy atom. The van der Waals surface area contributed by atoms with E-state index in [1.54, 1.807) is 13.0 Å². The zero-order valence-corrected chi connectivity index (χ0v) is 13.5. The summed E-state index contributed by atoms with van der Waals surface area (Å²) >= 11 is 0. The number of hydrogen-bond acceptors (Lipinski definition) is 7. The van der Waals surface area contributed by atoms with Gasteiger partial charge in [0.05, 0.1) is 37.4 Å². The summed E-state index contributed by atoms with van der Waals surface area (Å²) in [5.74, 6) is -1.15. The number of methoxy groups -OCH3 is 1. The maximum absolute atomic E-state index is 11.9. The Bertz CT molecular complexity index is 655. The summed E-state index contributed by atoms with van der Waals surface area (Å²) in [5, 5.41) is 11.0. The van der Waals surface area contributed by atoms with E-state index in [9.17, 15) is 14.9 Å². The Kier molecular flexibility index (Phi) is 5.37. The molecule has 0 aliphatic carbocycles. The SMILES string of the molecule is C=C(NNC(=O)CC1(C)OCCO1)c1ccc(OC)c([N+](=O)[O-])c1. The van der Waals surface area contributed by atoms with Crippen LogP contribution in [0.4, 0.5) is 5.69 Å². The minimum atomic E-state index is -0.938. The molecular formula is C15H19N3O6. The predicted octanol–water partition coefficient (Wildman–Crippen LogP) is 1.35. The van der Waals surface area contributed by atoms with Crippen LogP contribution in [0.5, 0.6) is 5.75 Å². The number of nitrogens with zero attached hydrogens (tertiary/aromatic N) is 1. The molecule has 24 heavy (non-hydrogen) atoms. The number of nitro groups is 1. The second kappa shape index (κ2) is 7.28. The average molecular weight is 337 g/mol. The number of benzene rings is 1. The Balaban J connectivity index is 1.96. The summed E-state index contributed by atoms with van der Waals surface area (Å²) in [5.41, 5.74) is 5.64. The van der Waals surface area contributed by atoms with E-state index in [1.807, 2.05) is 0 Å². The van der Waals surface area contributed by atoms with Gasteiger partial charge in [-0.2, -0.15) is 0 Å². The Morgan fingerprint density at radius 3 is 2.67 bits per heavy atom. The third kappa shape index (κ3) is 4.21. The summed E-state index contributed by atoms with van der Waals surface area (Å²) in [6.45, 7) is 6.32. The molecule has 1 aliphatic heterocycles. The molecular weight excluding hydrogens is 318 g/mol. The molecule has 1 aliphatic rings. The fraction of sp³-hybridized carbons (Fsp3) is 0.400. The van der Waals surface area contributed by atoms with E-state index < -0.39 is 10.7 Å². The molecule has 2 rings (SSSR count). The first-order valence-electron chi connectivity index (χ1n) is 7.19. The molecule has 0 aromatic heterocycles. The van der Waals surface area contributed by atoms with Gasteiger partial charge in [-0.3, -0.25) is 25.8 Å². The van der Waals surface area contributed by atoms with Crippen molar-refractivity contribution in [1.82, 2.24) is 10.9 Å². The van der Waals surface area contributed by atoms with Crippen LogP contribution >= 0.6 is 0 Å². The van der Waals surface area contributed by atoms with Crippen molar-refractivity contribution in [3.05, 3.63) is 40.5 Å². The summed E-state index contributed by atoms with van der Waals surface area (Å²) in [6, 6.07) is 4.37. The van der Waals surface area contributed by atoms with Gasteiger partial charge in [-0.1, -0.05) is 6.58 Å². The van der Waals surface area contributed by atoms with Crippen molar-refractivity contribution in [1.29, 1.82) is 0 Å². The number of hydrogen-bond donors (Lipinski definition) is 2. The lowest BCUT2D eigenvalue weighted by Gasteiger charge is -2.21. The number of carbonyl (C=O) groups is 1. The van der Waals surface area contributed by atoms with E-state index >= 15 is 0 Å². The number of carbonyl (C=O) groups excluding carboxylic acids is 1. The maximum atomic E-state index is 11.9. The molecule has 1 amide bonds. The highest BCUT2D eigenvalue weighted by atomic mass is 16.7. The topological polar surface area (TPSA) is 112 Å². The molecule has 1 aromatic rings. The predicted molar refractivity (Wildman–Crippen MR) is 84.9 cm³/mol. The van der Waals surface area contributed by atoms with Crippen molar-refractivity contribution in [3.63, 3.8) is 0 Å². The van der Waals surface area contributed by atoms with Crippen molar-refractivity contribution in [2.75, 3.05) is 20.3 Å². The highest BCUT2D eigenvalue weighted by molar-refractivity contribution is 5.78. The van der Waals surface area contributed by atoms with Gasteiger partial charge in [-0.15, -0.1) is 0 Å². The third-order valence-electron chi connectivity index (χ3n) is 3.46. The molecule has 9 heteroatoms. The van der Waals surface area contributed by atoms with Gasteiger partial charge in [0, 0.05) is 11.6 Å². The standard InChI is InChI=1S/C15H19N3O6/c1-10(11-4-5-13(22-3)12(8-11)18(20)21)16-17-14(19)9-15(2)23-6-7-24-15/h4-5,8,16H,1,6-7,9H2,2-3H3,(H,17,19). The molecule has 1 saturated heterocycles. The fourth-order valence-corrected chi connectivity index (χ4v) is 2.23. The lowest BCUT2D eigenvalue weighted by atomic mass is 10.1. The van der Waals surface area contributed by atoms with Crippen LogP contribution in [0.25, 0.3) is 5.70 Å². The summed E-state index contributed by atoms with van der Waals surface area (Å²) in [6.07, 6.45) is 0.00996. The Labute approximate surface area is 138 Å². The van der Waals surface area contributed by atoms with Crippen molar-refractivity contribution in [3.8, 4) is 5.75 Å². The monoisotopic (exact) mass is 337 g/mol. The van der Waals surface area contributed by atoms with Crippen LogP contribution in [-0.2, 0) is 14.3 Å². The zero-order valence-electron chi connectivity index (χ0n) is 13.5.